The fraction of sp³-hybridized carbons (Fsp3) is 0.118. The maximum absolute atomic E-state index is 11.4. The van der Waals surface area contributed by atoms with Crippen LogP contribution in [-0.2, 0) is 4.79 Å². The second kappa shape index (κ2) is 7.17. The van der Waals surface area contributed by atoms with Crippen LogP contribution in [0.3, 0.4) is 0 Å². The van der Waals surface area contributed by atoms with E-state index in [1.165, 1.54) is 6.20 Å². The lowest BCUT2D eigenvalue weighted by atomic mass is 10.1. The summed E-state index contributed by atoms with van der Waals surface area (Å²) in [5.74, 6) is 0.408. The lowest BCUT2D eigenvalue weighted by Gasteiger charge is -2.07. The van der Waals surface area contributed by atoms with Gasteiger partial charge in [0.25, 0.3) is 0 Å². The van der Waals surface area contributed by atoms with Gasteiger partial charge < -0.3 is 19.9 Å². The molecule has 0 aliphatic rings. The van der Waals surface area contributed by atoms with Gasteiger partial charge in [0.2, 0.25) is 0 Å². The second-order valence-electron chi connectivity index (χ2n) is 4.46. The maximum atomic E-state index is 11.4. The van der Waals surface area contributed by atoms with Crippen molar-refractivity contribution < 1.29 is 19.4 Å². The smallest absolute Gasteiger partial charge is 0.337 e. The Morgan fingerprint density at radius 3 is 1.91 bits per heavy atom. The van der Waals surface area contributed by atoms with Crippen LogP contribution in [0, 0.1) is 0 Å². The van der Waals surface area contributed by atoms with Crippen molar-refractivity contribution in [3.8, 4) is 11.5 Å². The second-order valence-corrected chi connectivity index (χ2v) is 4.46. The quantitative estimate of drug-likeness (QED) is 0.801. The molecule has 2 rings (SSSR count). The predicted octanol–water partition coefficient (Wildman–Crippen LogP) is 3.24. The average molecular weight is 299 g/mol. The van der Waals surface area contributed by atoms with E-state index in [2.05, 4.69) is 5.32 Å². The third-order valence-corrected chi connectivity index (χ3v) is 3.10. The van der Waals surface area contributed by atoms with Crippen LogP contribution >= 0.6 is 0 Å². The Morgan fingerprint density at radius 2 is 1.45 bits per heavy atom. The zero-order valence-electron chi connectivity index (χ0n) is 12.4. The van der Waals surface area contributed by atoms with Crippen molar-refractivity contribution >= 4 is 17.2 Å². The SMILES string of the molecule is COc1ccc(NC=C(C(=O)O)c2ccc(OC)cc2)cc1. The molecule has 0 radical (unpaired) electrons. The van der Waals surface area contributed by atoms with Crippen molar-refractivity contribution in [1.82, 2.24) is 0 Å². The van der Waals surface area contributed by atoms with Crippen LogP contribution in [0.4, 0.5) is 5.69 Å². The van der Waals surface area contributed by atoms with Crippen LogP contribution in [0.25, 0.3) is 5.57 Å². The fourth-order valence-electron chi connectivity index (χ4n) is 1.88. The van der Waals surface area contributed by atoms with Crippen LogP contribution in [0.15, 0.2) is 54.7 Å². The molecule has 0 unspecified atom stereocenters. The van der Waals surface area contributed by atoms with Gasteiger partial charge in [0.05, 0.1) is 19.8 Å². The van der Waals surface area contributed by atoms with Gasteiger partial charge in [-0.15, -0.1) is 0 Å². The van der Waals surface area contributed by atoms with E-state index < -0.39 is 5.97 Å². The van der Waals surface area contributed by atoms with Crippen molar-refractivity contribution in [3.63, 3.8) is 0 Å². The summed E-state index contributed by atoms with van der Waals surface area (Å²) in [5.41, 5.74) is 1.53. The Morgan fingerprint density at radius 1 is 0.955 bits per heavy atom. The molecule has 114 valence electrons. The molecule has 0 fully saturated rings. The number of methoxy groups -OCH3 is 2. The molecular formula is C17H17NO4. The van der Waals surface area contributed by atoms with Gasteiger partial charge in [0, 0.05) is 11.9 Å². The first-order valence-electron chi connectivity index (χ1n) is 6.62. The number of benzene rings is 2. The standard InChI is InChI=1S/C17H17NO4/c1-21-14-7-3-12(4-8-14)16(17(19)20)11-18-13-5-9-15(22-2)10-6-13/h3-11,18H,1-2H3,(H,19,20). The van der Waals surface area contributed by atoms with Gasteiger partial charge in [0.1, 0.15) is 11.5 Å². The lowest BCUT2D eigenvalue weighted by Crippen LogP contribution is -2.02. The van der Waals surface area contributed by atoms with E-state index in [1.54, 1.807) is 50.6 Å². The number of hydrogen-bond acceptors (Lipinski definition) is 4. The Bertz CT molecular complexity index is 660. The maximum Gasteiger partial charge on any atom is 0.337 e. The fourth-order valence-corrected chi connectivity index (χ4v) is 1.88. The molecular weight excluding hydrogens is 282 g/mol. The summed E-state index contributed by atoms with van der Waals surface area (Å²) < 4.78 is 10.1. The van der Waals surface area contributed by atoms with E-state index in [1.807, 2.05) is 12.1 Å². The van der Waals surface area contributed by atoms with Crippen molar-refractivity contribution in [1.29, 1.82) is 0 Å². The van der Waals surface area contributed by atoms with Gasteiger partial charge >= 0.3 is 5.97 Å². The topological polar surface area (TPSA) is 67.8 Å². The molecule has 0 heterocycles. The van der Waals surface area contributed by atoms with Gasteiger partial charge in [-0.2, -0.15) is 0 Å². The van der Waals surface area contributed by atoms with Crippen molar-refractivity contribution in [2.45, 2.75) is 0 Å². The molecule has 2 aromatic carbocycles. The molecule has 0 saturated carbocycles. The third kappa shape index (κ3) is 3.79. The number of nitrogens with one attached hydrogen (secondary N) is 1. The minimum atomic E-state index is -1.01. The molecule has 5 nitrogen and oxygen atoms in total. The molecule has 2 aromatic rings. The van der Waals surface area contributed by atoms with Crippen molar-refractivity contribution in [2.75, 3.05) is 19.5 Å². The molecule has 0 aromatic heterocycles. The minimum absolute atomic E-state index is 0.165. The van der Waals surface area contributed by atoms with Crippen LogP contribution in [0.5, 0.6) is 11.5 Å². The predicted molar refractivity (Wildman–Crippen MR) is 85.2 cm³/mol. The van der Waals surface area contributed by atoms with E-state index >= 15 is 0 Å². The molecule has 22 heavy (non-hydrogen) atoms. The van der Waals surface area contributed by atoms with Gasteiger partial charge in [0.15, 0.2) is 0 Å². The molecule has 0 amide bonds. The van der Waals surface area contributed by atoms with E-state index in [-0.39, 0.29) is 5.57 Å². The number of aliphatic carboxylic acids is 1. The Hall–Kier alpha value is -2.95. The first-order valence-corrected chi connectivity index (χ1v) is 6.62. The first-order chi connectivity index (χ1) is 10.6. The van der Waals surface area contributed by atoms with Crippen molar-refractivity contribution in [3.05, 3.63) is 60.3 Å². The Labute approximate surface area is 128 Å². The number of anilines is 1. The Balaban J connectivity index is 2.20. The molecule has 0 aliphatic carbocycles. The van der Waals surface area contributed by atoms with E-state index in [0.717, 1.165) is 11.4 Å². The molecule has 5 heteroatoms. The monoisotopic (exact) mass is 299 g/mol. The number of rotatable bonds is 6. The average Bonchev–Trinajstić information content (AvgIpc) is 2.56. The summed E-state index contributed by atoms with van der Waals surface area (Å²) in [5, 5.41) is 12.3. The number of carboxylic acids is 1. The molecule has 0 saturated heterocycles. The van der Waals surface area contributed by atoms with E-state index in [0.29, 0.717) is 11.3 Å². The largest absolute Gasteiger partial charge is 0.497 e. The van der Waals surface area contributed by atoms with Crippen LogP contribution < -0.4 is 14.8 Å². The summed E-state index contributed by atoms with van der Waals surface area (Å²) in [6.45, 7) is 0. The molecule has 0 aliphatic heterocycles. The van der Waals surface area contributed by atoms with E-state index in [9.17, 15) is 9.90 Å². The summed E-state index contributed by atoms with van der Waals surface area (Å²) in [7, 11) is 3.16. The number of hydrogen-bond donors (Lipinski definition) is 2. The van der Waals surface area contributed by atoms with Gasteiger partial charge in [-0.3, -0.25) is 0 Å². The van der Waals surface area contributed by atoms with Crippen LogP contribution in [0.1, 0.15) is 5.56 Å². The Kier molecular flexibility index (Phi) is 5.03. The molecule has 2 N–H and O–H groups in total. The number of ether oxygens (including phenoxy) is 2. The summed E-state index contributed by atoms with van der Waals surface area (Å²) in [4.78, 5) is 11.4. The number of carbonyl (C=O) groups is 1. The molecule has 0 atom stereocenters. The highest BCUT2D eigenvalue weighted by Crippen LogP contribution is 2.20. The van der Waals surface area contributed by atoms with Gasteiger partial charge in [-0.25, -0.2) is 4.79 Å². The highest BCUT2D eigenvalue weighted by Gasteiger charge is 2.10. The zero-order chi connectivity index (χ0) is 15.9. The van der Waals surface area contributed by atoms with Crippen LogP contribution in [0.2, 0.25) is 0 Å². The lowest BCUT2D eigenvalue weighted by molar-refractivity contribution is -0.130. The highest BCUT2D eigenvalue weighted by atomic mass is 16.5. The summed E-state index contributed by atoms with van der Waals surface area (Å²) >= 11 is 0. The van der Waals surface area contributed by atoms with Crippen molar-refractivity contribution in [2.24, 2.45) is 0 Å². The van der Waals surface area contributed by atoms with Crippen LogP contribution in [-0.4, -0.2) is 25.3 Å². The van der Waals surface area contributed by atoms with E-state index in [4.69, 9.17) is 9.47 Å². The minimum Gasteiger partial charge on any atom is -0.497 e. The van der Waals surface area contributed by atoms with Gasteiger partial charge in [-0.05, 0) is 42.0 Å². The zero-order valence-corrected chi connectivity index (χ0v) is 12.4. The summed E-state index contributed by atoms with van der Waals surface area (Å²) in [6.07, 6.45) is 1.46. The first kappa shape index (κ1) is 15.4. The molecule has 0 spiro atoms. The third-order valence-electron chi connectivity index (χ3n) is 3.10. The summed E-state index contributed by atoms with van der Waals surface area (Å²) in [6, 6.07) is 14.1. The molecule has 0 bridgehead atoms. The highest BCUT2D eigenvalue weighted by molar-refractivity contribution is 6.15. The van der Waals surface area contributed by atoms with Gasteiger partial charge in [-0.1, -0.05) is 12.1 Å². The number of carboxylic acid groups (broad SMARTS) is 1. The normalized spacial score (nSPS) is 10.9.